The van der Waals surface area contributed by atoms with E-state index in [1.807, 2.05) is 43.3 Å². The number of benzene rings is 2. The molecule has 0 N–H and O–H groups in total. The lowest BCUT2D eigenvalue weighted by Crippen LogP contribution is -2.51. The summed E-state index contributed by atoms with van der Waals surface area (Å²) in [6.45, 7) is 7.76. The molecule has 8 heteroatoms. The summed E-state index contributed by atoms with van der Waals surface area (Å²) in [6.07, 6.45) is 1.77. The molecule has 0 atom stereocenters. The minimum Gasteiger partial charge on any atom is -0.497 e. The molecule has 3 aromatic rings. The Labute approximate surface area is 217 Å². The van der Waals surface area contributed by atoms with Crippen molar-refractivity contribution in [2.45, 2.75) is 26.3 Å². The van der Waals surface area contributed by atoms with E-state index in [9.17, 15) is 4.79 Å². The quantitative estimate of drug-likeness (QED) is 0.473. The van der Waals surface area contributed by atoms with Gasteiger partial charge < -0.3 is 19.0 Å². The lowest BCUT2D eigenvalue weighted by molar-refractivity contribution is -0.137. The number of carbonyl (C=O) groups excluding carboxylic acids is 1. The minimum absolute atomic E-state index is 0.108. The second-order valence-electron chi connectivity index (χ2n) is 9.59. The highest BCUT2D eigenvalue weighted by molar-refractivity contribution is 6.30. The average Bonchev–Trinajstić information content (AvgIpc) is 3.29. The Morgan fingerprint density at radius 1 is 1.00 bits per heavy atom. The zero-order chi connectivity index (χ0) is 25.1. The molecule has 190 valence electrons. The predicted molar refractivity (Wildman–Crippen MR) is 141 cm³/mol. The van der Waals surface area contributed by atoms with E-state index in [-0.39, 0.29) is 5.92 Å². The van der Waals surface area contributed by atoms with Crippen molar-refractivity contribution in [3.63, 3.8) is 0 Å². The van der Waals surface area contributed by atoms with Crippen LogP contribution in [-0.4, -0.2) is 67.1 Å². The van der Waals surface area contributed by atoms with Crippen LogP contribution in [0.15, 0.2) is 52.9 Å². The maximum Gasteiger partial charge on any atom is 0.226 e. The van der Waals surface area contributed by atoms with Crippen molar-refractivity contribution in [2.24, 2.45) is 5.92 Å². The van der Waals surface area contributed by atoms with Gasteiger partial charge in [0.25, 0.3) is 0 Å². The van der Waals surface area contributed by atoms with Gasteiger partial charge in [-0.1, -0.05) is 11.6 Å². The number of aromatic nitrogens is 1. The molecular weight excluding hydrogens is 476 g/mol. The monoisotopic (exact) mass is 508 g/mol. The number of hydrogen-bond acceptors (Lipinski definition) is 6. The Hall–Kier alpha value is -3.03. The summed E-state index contributed by atoms with van der Waals surface area (Å²) in [4.78, 5) is 24.7. The van der Waals surface area contributed by atoms with Crippen LogP contribution in [0.3, 0.4) is 0 Å². The molecule has 0 spiro atoms. The van der Waals surface area contributed by atoms with Gasteiger partial charge in [0.15, 0.2) is 0 Å². The van der Waals surface area contributed by atoms with Gasteiger partial charge in [-0.25, -0.2) is 4.98 Å². The largest absolute Gasteiger partial charge is 0.497 e. The number of halogens is 1. The first-order chi connectivity index (χ1) is 17.5. The molecule has 7 nitrogen and oxygen atoms in total. The van der Waals surface area contributed by atoms with Crippen LogP contribution in [0.2, 0.25) is 5.02 Å². The highest BCUT2D eigenvalue weighted by Gasteiger charge is 2.31. The van der Waals surface area contributed by atoms with Crippen molar-refractivity contribution in [1.29, 1.82) is 0 Å². The number of aryl methyl sites for hydroxylation is 1. The summed E-state index contributed by atoms with van der Waals surface area (Å²) in [5.41, 5.74) is 3.06. The van der Waals surface area contributed by atoms with Crippen molar-refractivity contribution in [3.05, 3.63) is 65.0 Å². The minimum atomic E-state index is 0.108. The molecule has 2 saturated heterocycles. The fraction of sp³-hybridized carbons (Fsp3) is 0.429. The van der Waals surface area contributed by atoms with Crippen molar-refractivity contribution in [1.82, 2.24) is 14.8 Å². The van der Waals surface area contributed by atoms with Crippen LogP contribution in [0.25, 0.3) is 11.5 Å². The van der Waals surface area contributed by atoms with Gasteiger partial charge in [-0.2, -0.15) is 0 Å². The maximum atomic E-state index is 13.2. The van der Waals surface area contributed by atoms with E-state index in [1.165, 1.54) is 5.69 Å². The molecule has 2 aromatic carbocycles. The lowest BCUT2D eigenvalue weighted by atomic mass is 9.94. The van der Waals surface area contributed by atoms with E-state index in [2.05, 4.69) is 26.8 Å². The van der Waals surface area contributed by atoms with Crippen LogP contribution < -0.4 is 9.64 Å². The summed E-state index contributed by atoms with van der Waals surface area (Å²) in [5, 5.41) is 0.693. The van der Waals surface area contributed by atoms with Crippen LogP contribution >= 0.6 is 11.6 Å². The van der Waals surface area contributed by atoms with Crippen LogP contribution in [0.5, 0.6) is 5.75 Å². The highest BCUT2D eigenvalue weighted by Crippen LogP contribution is 2.27. The SMILES string of the molecule is COc1ccc(N2CCN(C(=O)C3CCN(Cc4nc(-c5ccc(Cl)cc5)oc4C)CC3)CC2)cc1. The van der Waals surface area contributed by atoms with Gasteiger partial charge in [-0.05, 0) is 81.4 Å². The average molecular weight is 509 g/mol. The molecular formula is C28H33ClN4O3. The number of piperazine rings is 1. The van der Waals surface area contributed by atoms with Gasteiger partial charge in [0.1, 0.15) is 11.5 Å². The molecule has 5 rings (SSSR count). The molecule has 36 heavy (non-hydrogen) atoms. The van der Waals surface area contributed by atoms with Gasteiger partial charge in [0.05, 0.1) is 12.8 Å². The number of nitrogens with zero attached hydrogens (tertiary/aromatic N) is 4. The lowest BCUT2D eigenvalue weighted by Gasteiger charge is -2.39. The Morgan fingerprint density at radius 2 is 1.67 bits per heavy atom. The Kier molecular flexibility index (Phi) is 7.48. The molecule has 2 fully saturated rings. The first kappa shape index (κ1) is 24.7. The molecule has 2 aliphatic heterocycles. The number of oxazole rings is 1. The smallest absolute Gasteiger partial charge is 0.226 e. The number of ether oxygens (including phenoxy) is 1. The zero-order valence-corrected chi connectivity index (χ0v) is 21.7. The topological polar surface area (TPSA) is 62.1 Å². The number of piperidine rings is 1. The van der Waals surface area contributed by atoms with E-state index < -0.39 is 0 Å². The highest BCUT2D eigenvalue weighted by atomic mass is 35.5. The molecule has 0 unspecified atom stereocenters. The van der Waals surface area contributed by atoms with Crippen molar-refractivity contribution >= 4 is 23.2 Å². The van der Waals surface area contributed by atoms with Crippen molar-refractivity contribution < 1.29 is 13.9 Å². The Balaban J connectivity index is 1.10. The van der Waals surface area contributed by atoms with E-state index in [0.717, 1.165) is 81.4 Å². The molecule has 3 heterocycles. The van der Waals surface area contributed by atoms with Crippen molar-refractivity contribution in [2.75, 3.05) is 51.3 Å². The number of methoxy groups -OCH3 is 1. The summed E-state index contributed by atoms with van der Waals surface area (Å²) >= 11 is 6.00. The molecule has 0 radical (unpaired) electrons. The molecule has 1 amide bonds. The second-order valence-corrected chi connectivity index (χ2v) is 10.0. The molecule has 0 aliphatic carbocycles. The standard InChI is InChI=1S/C28H33ClN4O3/c1-20-26(30-27(36-20)21-3-5-23(29)6-4-21)19-31-13-11-22(12-14-31)28(34)33-17-15-32(16-18-33)24-7-9-25(35-2)10-8-24/h3-10,22H,11-19H2,1-2H3. The number of likely N-dealkylation sites (tertiary alicyclic amines) is 1. The Morgan fingerprint density at radius 3 is 2.31 bits per heavy atom. The van der Waals surface area contributed by atoms with Crippen molar-refractivity contribution in [3.8, 4) is 17.2 Å². The van der Waals surface area contributed by atoms with Crippen LogP contribution in [0, 0.1) is 12.8 Å². The summed E-state index contributed by atoms with van der Waals surface area (Å²) in [6, 6.07) is 15.7. The first-order valence-corrected chi connectivity index (χ1v) is 13.0. The number of amides is 1. The van der Waals surface area contributed by atoms with Crippen LogP contribution in [0.1, 0.15) is 24.3 Å². The van der Waals surface area contributed by atoms with E-state index in [0.29, 0.717) is 16.8 Å². The third-order valence-corrected chi connectivity index (χ3v) is 7.57. The first-order valence-electron chi connectivity index (χ1n) is 12.6. The fourth-order valence-electron chi connectivity index (χ4n) is 5.08. The van der Waals surface area contributed by atoms with E-state index >= 15 is 0 Å². The van der Waals surface area contributed by atoms with Crippen LogP contribution in [0.4, 0.5) is 5.69 Å². The number of rotatable bonds is 6. The Bertz CT molecular complexity index is 1160. The van der Waals surface area contributed by atoms with Gasteiger partial charge in [0, 0.05) is 54.9 Å². The number of anilines is 1. The maximum absolute atomic E-state index is 13.2. The molecule has 2 aliphatic rings. The summed E-state index contributed by atoms with van der Waals surface area (Å²) in [5.74, 6) is 2.74. The second kappa shape index (κ2) is 10.9. The van der Waals surface area contributed by atoms with E-state index in [1.54, 1.807) is 7.11 Å². The van der Waals surface area contributed by atoms with Gasteiger partial charge >= 0.3 is 0 Å². The van der Waals surface area contributed by atoms with E-state index in [4.69, 9.17) is 25.7 Å². The normalized spacial score (nSPS) is 17.4. The molecule has 0 bridgehead atoms. The van der Waals surface area contributed by atoms with Gasteiger partial charge in [-0.15, -0.1) is 0 Å². The van der Waals surface area contributed by atoms with Gasteiger partial charge in [-0.3, -0.25) is 9.69 Å². The molecule has 0 saturated carbocycles. The van der Waals surface area contributed by atoms with Gasteiger partial charge in [0.2, 0.25) is 11.8 Å². The number of hydrogen-bond donors (Lipinski definition) is 0. The summed E-state index contributed by atoms with van der Waals surface area (Å²) in [7, 11) is 1.68. The predicted octanol–water partition coefficient (Wildman–Crippen LogP) is 4.87. The third kappa shape index (κ3) is 5.52. The molecule has 1 aromatic heterocycles. The fourth-order valence-corrected chi connectivity index (χ4v) is 5.20. The third-order valence-electron chi connectivity index (χ3n) is 7.32. The van der Waals surface area contributed by atoms with Crippen LogP contribution in [-0.2, 0) is 11.3 Å². The zero-order valence-electron chi connectivity index (χ0n) is 21.0. The summed E-state index contributed by atoms with van der Waals surface area (Å²) < 4.78 is 11.2. The number of carbonyl (C=O) groups is 1.